The van der Waals surface area contributed by atoms with Crippen LogP contribution in [0.1, 0.15) is 5.69 Å². The van der Waals surface area contributed by atoms with E-state index in [4.69, 9.17) is 0 Å². The van der Waals surface area contributed by atoms with E-state index in [1.807, 2.05) is 47.2 Å². The lowest BCUT2D eigenvalue weighted by Gasteiger charge is -2.01. The number of thiophene rings is 1. The van der Waals surface area contributed by atoms with Crippen LogP contribution in [0.5, 0.6) is 0 Å². The molecule has 0 saturated heterocycles. The fraction of sp³-hybridized carbons (Fsp3) is 0.250. The van der Waals surface area contributed by atoms with Gasteiger partial charge in [0.25, 0.3) is 0 Å². The molecule has 0 radical (unpaired) electrons. The molecule has 0 aromatic carbocycles. The molecular formula is C12H13N5S2. The summed E-state index contributed by atoms with van der Waals surface area (Å²) in [5.41, 5.74) is 1.05. The van der Waals surface area contributed by atoms with Crippen molar-refractivity contribution in [1.82, 2.24) is 24.3 Å². The summed E-state index contributed by atoms with van der Waals surface area (Å²) < 4.78 is 3.98. The average Bonchev–Trinajstić information content (AvgIpc) is 3.09. The van der Waals surface area contributed by atoms with E-state index < -0.39 is 0 Å². The summed E-state index contributed by atoms with van der Waals surface area (Å²) in [6, 6.07) is 4.08. The van der Waals surface area contributed by atoms with Crippen LogP contribution in [0.4, 0.5) is 0 Å². The Labute approximate surface area is 119 Å². The van der Waals surface area contributed by atoms with Crippen molar-refractivity contribution in [2.24, 2.45) is 14.1 Å². The van der Waals surface area contributed by atoms with E-state index in [2.05, 4.69) is 21.2 Å². The second kappa shape index (κ2) is 5.18. The summed E-state index contributed by atoms with van der Waals surface area (Å²) in [6.45, 7) is 0. The summed E-state index contributed by atoms with van der Waals surface area (Å²) in [5, 5.41) is 11.5. The maximum atomic E-state index is 4.30. The number of imidazole rings is 1. The highest BCUT2D eigenvalue weighted by Crippen LogP contribution is 2.27. The minimum Gasteiger partial charge on any atom is -0.340 e. The Kier molecular flexibility index (Phi) is 3.39. The molecular weight excluding hydrogens is 278 g/mol. The second-order valence-electron chi connectivity index (χ2n) is 4.16. The molecule has 5 nitrogen and oxygen atoms in total. The SMILES string of the molecule is Cn1cnc(CSc2nnc(-c3cccs3)n2C)c1. The van der Waals surface area contributed by atoms with Gasteiger partial charge >= 0.3 is 0 Å². The summed E-state index contributed by atoms with van der Waals surface area (Å²) in [7, 11) is 3.97. The topological polar surface area (TPSA) is 48.5 Å². The zero-order valence-electron chi connectivity index (χ0n) is 10.6. The minimum atomic E-state index is 0.803. The standard InChI is InChI=1S/C12H13N5S2/c1-16-6-9(13-8-16)7-19-12-15-14-11(17(12)2)10-4-3-5-18-10/h3-6,8H,7H2,1-2H3. The number of thioether (sulfide) groups is 1. The molecule has 3 aromatic rings. The fourth-order valence-corrected chi connectivity index (χ4v) is 3.29. The molecule has 98 valence electrons. The minimum absolute atomic E-state index is 0.803. The van der Waals surface area contributed by atoms with E-state index in [-0.39, 0.29) is 0 Å². The van der Waals surface area contributed by atoms with Crippen molar-refractivity contribution < 1.29 is 0 Å². The number of aryl methyl sites for hydroxylation is 1. The largest absolute Gasteiger partial charge is 0.340 e. The predicted octanol–water partition coefficient (Wildman–Crippen LogP) is 2.57. The molecule has 3 aromatic heterocycles. The Balaban J connectivity index is 1.75. The Morgan fingerprint density at radius 2 is 2.21 bits per heavy atom. The highest BCUT2D eigenvalue weighted by atomic mass is 32.2. The van der Waals surface area contributed by atoms with Crippen molar-refractivity contribution in [2.45, 2.75) is 10.9 Å². The molecule has 0 amide bonds. The number of aromatic nitrogens is 5. The fourth-order valence-electron chi connectivity index (χ4n) is 1.74. The molecule has 0 aliphatic carbocycles. The van der Waals surface area contributed by atoms with Gasteiger partial charge in [0.15, 0.2) is 11.0 Å². The number of hydrogen-bond acceptors (Lipinski definition) is 5. The van der Waals surface area contributed by atoms with Crippen LogP contribution in [0.25, 0.3) is 10.7 Å². The van der Waals surface area contributed by atoms with Crippen LogP contribution in [0.15, 0.2) is 35.2 Å². The molecule has 0 aliphatic rings. The zero-order chi connectivity index (χ0) is 13.2. The number of rotatable bonds is 4. The van der Waals surface area contributed by atoms with Gasteiger partial charge in [-0.05, 0) is 11.4 Å². The van der Waals surface area contributed by atoms with Crippen LogP contribution in [0.2, 0.25) is 0 Å². The molecule has 0 saturated carbocycles. The lowest BCUT2D eigenvalue weighted by molar-refractivity contribution is 0.794. The van der Waals surface area contributed by atoms with Gasteiger partial charge < -0.3 is 9.13 Å². The molecule has 0 bridgehead atoms. The summed E-state index contributed by atoms with van der Waals surface area (Å²) in [6.07, 6.45) is 3.83. The molecule has 0 N–H and O–H groups in total. The molecule has 0 fully saturated rings. The lowest BCUT2D eigenvalue weighted by Crippen LogP contribution is -1.94. The third-order valence-electron chi connectivity index (χ3n) is 2.68. The van der Waals surface area contributed by atoms with Crippen molar-refractivity contribution in [3.05, 3.63) is 35.7 Å². The molecule has 0 spiro atoms. The Bertz CT molecular complexity index is 668. The van der Waals surface area contributed by atoms with E-state index in [0.717, 1.165) is 27.3 Å². The monoisotopic (exact) mass is 291 g/mol. The summed E-state index contributed by atoms with van der Waals surface area (Å²) in [4.78, 5) is 5.44. The van der Waals surface area contributed by atoms with Crippen LogP contribution >= 0.6 is 23.1 Å². The normalized spacial score (nSPS) is 11.1. The molecule has 7 heteroatoms. The van der Waals surface area contributed by atoms with Gasteiger partial charge in [0.05, 0.1) is 16.9 Å². The molecule has 0 unspecified atom stereocenters. The third kappa shape index (κ3) is 2.57. The van der Waals surface area contributed by atoms with E-state index in [1.54, 1.807) is 23.1 Å². The molecule has 19 heavy (non-hydrogen) atoms. The van der Waals surface area contributed by atoms with Crippen LogP contribution in [-0.4, -0.2) is 24.3 Å². The van der Waals surface area contributed by atoms with Gasteiger partial charge in [0.1, 0.15) is 0 Å². The Hall–Kier alpha value is -1.60. The first-order valence-electron chi connectivity index (χ1n) is 5.77. The van der Waals surface area contributed by atoms with E-state index in [9.17, 15) is 0 Å². The first kappa shape index (κ1) is 12.4. The van der Waals surface area contributed by atoms with Crippen LogP contribution in [0.3, 0.4) is 0 Å². The van der Waals surface area contributed by atoms with Gasteiger partial charge in [-0.15, -0.1) is 21.5 Å². The van der Waals surface area contributed by atoms with E-state index >= 15 is 0 Å². The van der Waals surface area contributed by atoms with Crippen LogP contribution in [-0.2, 0) is 19.8 Å². The van der Waals surface area contributed by atoms with E-state index in [0.29, 0.717) is 0 Å². The van der Waals surface area contributed by atoms with E-state index in [1.165, 1.54) is 0 Å². The van der Waals surface area contributed by atoms with Gasteiger partial charge in [-0.2, -0.15) is 0 Å². The van der Waals surface area contributed by atoms with Gasteiger partial charge in [-0.1, -0.05) is 17.8 Å². The molecule has 0 atom stereocenters. The van der Waals surface area contributed by atoms with Gasteiger partial charge in [-0.3, -0.25) is 0 Å². The maximum Gasteiger partial charge on any atom is 0.191 e. The smallest absolute Gasteiger partial charge is 0.191 e. The molecule has 3 rings (SSSR count). The molecule has 0 aliphatic heterocycles. The predicted molar refractivity (Wildman–Crippen MR) is 77.1 cm³/mol. The lowest BCUT2D eigenvalue weighted by atomic mass is 10.4. The summed E-state index contributed by atoms with van der Waals surface area (Å²) in [5.74, 6) is 1.72. The number of nitrogens with zero attached hydrogens (tertiary/aromatic N) is 5. The van der Waals surface area contributed by atoms with Gasteiger partial charge in [0, 0.05) is 26.0 Å². The van der Waals surface area contributed by atoms with Crippen LogP contribution in [0, 0.1) is 0 Å². The quantitative estimate of drug-likeness (QED) is 0.693. The first-order chi connectivity index (χ1) is 9.24. The highest BCUT2D eigenvalue weighted by Gasteiger charge is 2.12. The second-order valence-corrected chi connectivity index (χ2v) is 6.05. The van der Waals surface area contributed by atoms with Gasteiger partial charge in [-0.25, -0.2) is 4.98 Å². The third-order valence-corrected chi connectivity index (χ3v) is 4.60. The zero-order valence-corrected chi connectivity index (χ0v) is 12.3. The Morgan fingerprint density at radius 1 is 1.32 bits per heavy atom. The summed E-state index contributed by atoms with van der Waals surface area (Å²) >= 11 is 3.32. The average molecular weight is 291 g/mol. The maximum absolute atomic E-state index is 4.30. The highest BCUT2D eigenvalue weighted by molar-refractivity contribution is 7.98. The van der Waals surface area contributed by atoms with Crippen molar-refractivity contribution in [1.29, 1.82) is 0 Å². The first-order valence-corrected chi connectivity index (χ1v) is 7.63. The van der Waals surface area contributed by atoms with Crippen LogP contribution < -0.4 is 0 Å². The Morgan fingerprint density at radius 3 is 2.89 bits per heavy atom. The van der Waals surface area contributed by atoms with Crippen molar-refractivity contribution in [3.8, 4) is 10.7 Å². The molecule has 3 heterocycles. The van der Waals surface area contributed by atoms with Gasteiger partial charge in [0.2, 0.25) is 0 Å². The van der Waals surface area contributed by atoms with Crippen molar-refractivity contribution in [2.75, 3.05) is 0 Å². The number of hydrogen-bond donors (Lipinski definition) is 0. The van der Waals surface area contributed by atoms with Crippen molar-refractivity contribution >= 4 is 23.1 Å². The van der Waals surface area contributed by atoms with Crippen molar-refractivity contribution in [3.63, 3.8) is 0 Å².